The Morgan fingerprint density at radius 3 is 1.96 bits per heavy atom. The molecule has 0 spiro atoms. The maximum Gasteiger partial charge on any atom is 0.573 e. The maximum atomic E-state index is 16.4. The first kappa shape index (κ1) is 99.6. The number of benzene rings is 6. The summed E-state index contributed by atoms with van der Waals surface area (Å²) >= 11 is 14.4. The summed E-state index contributed by atoms with van der Waals surface area (Å²) in [4.78, 5) is 141. The van der Waals surface area contributed by atoms with Gasteiger partial charge >= 0.3 is 12.4 Å². The lowest BCUT2D eigenvalue weighted by Crippen LogP contribution is -2.66. The van der Waals surface area contributed by atoms with Gasteiger partial charge in [-0.15, -0.1) is 13.2 Å². The summed E-state index contributed by atoms with van der Waals surface area (Å²) in [5.41, 5.74) is 6.25. The topological polar surface area (TPSA) is 647 Å². The zero-order chi connectivity index (χ0) is 95.9. The number of alkyl halides is 3. The Labute approximate surface area is 760 Å². The number of halogens is 5. The number of phenols is 3. The number of hydroxylamine groups is 1. The molecule has 6 aromatic carbocycles. The first-order valence-corrected chi connectivity index (χ1v) is 43.4. The number of rotatable bonds is 25. The Bertz CT molecular complexity index is 5410. The van der Waals surface area contributed by atoms with E-state index in [1.165, 1.54) is 32.2 Å². The molecule has 0 radical (unpaired) electrons. The highest BCUT2D eigenvalue weighted by Gasteiger charge is 2.53. The number of ether oxygens (including phenoxy) is 7. The highest BCUT2D eigenvalue weighted by molar-refractivity contribution is 7.87. The molecule has 132 heavy (non-hydrogen) atoms. The van der Waals surface area contributed by atoms with Crippen LogP contribution < -0.4 is 93.3 Å². The smallest absolute Gasteiger partial charge is 0.508 e. The van der Waals surface area contributed by atoms with E-state index in [9.17, 15) is 86.7 Å². The largest absolute Gasteiger partial charge is 0.573 e. The van der Waals surface area contributed by atoms with Crippen molar-refractivity contribution in [3.63, 3.8) is 0 Å². The molecule has 0 unspecified atom stereocenters. The molecular weight excluding hydrogens is 1820 g/mol. The SMILES string of the molecule is CN[C@H](CC(C)C)C(=O)N[C@H]1C(=O)N[C@@H](CC(N)=O)C(=O)N[C@H]2C(=O)N[C@H]3C(=O)N[C@H](C(=O)N[C@@H](C(=O)NOCCNS(N)(=O)=O)c4cc(O)cc(O)c4-c4cc3ccc4O)[C@H](O)c3ccc(c(Cl)c3)Oc3cc2cc(c3O[C@@H]2O[C@H](CO)[C@@H](O)[C@H](O)[C@H]2O[C@H]2C[C@](C)(NCCN3CCN(NC(=O)Nc4ccc(OC(F)(F)F)cc4)CC3)[C@H](O)[C@H](C)O2)Oc2ccc(cc2Cl)[C@H]1O. The van der Waals surface area contributed by atoms with Gasteiger partial charge in [0.2, 0.25) is 53.4 Å². The Kier molecular flexibility index (Phi) is 31.9. The van der Waals surface area contributed by atoms with Crippen LogP contribution in [0.2, 0.25) is 10.0 Å². The lowest BCUT2D eigenvalue weighted by atomic mass is 9.85. The number of nitrogens with zero attached hydrogens (tertiary/aromatic N) is 2. The molecule has 50 heteroatoms. The van der Waals surface area contributed by atoms with Gasteiger partial charge in [-0.2, -0.15) is 8.42 Å². The summed E-state index contributed by atoms with van der Waals surface area (Å²) < 4.78 is 107. The maximum absolute atomic E-state index is 16.4. The number of urea groups is 1. The Hall–Kier alpha value is -11.4. The van der Waals surface area contributed by atoms with E-state index in [1.807, 2.05) is 15.1 Å². The second kappa shape index (κ2) is 42.2. The Morgan fingerprint density at radius 2 is 1.35 bits per heavy atom. The highest BCUT2D eigenvalue weighted by Crippen LogP contribution is 2.50. The number of aliphatic hydroxyl groups is 6. The average Bonchev–Trinajstić information content (AvgIpc) is 0.763. The third kappa shape index (κ3) is 24.4. The minimum absolute atomic E-state index is 0.141. The number of phenolic OH excluding ortho intramolecular Hbond substituents is 3. The lowest BCUT2D eigenvalue weighted by Gasteiger charge is -2.48. The van der Waals surface area contributed by atoms with E-state index in [4.69, 9.17) is 67.3 Å². The molecule has 18 atom stereocenters. The van der Waals surface area contributed by atoms with Crippen molar-refractivity contribution in [3.8, 4) is 62.9 Å². The number of anilines is 1. The van der Waals surface area contributed by atoms with Crippen molar-refractivity contribution in [2.24, 2.45) is 16.8 Å². The van der Waals surface area contributed by atoms with Crippen molar-refractivity contribution in [3.05, 3.63) is 141 Å². The number of aromatic hydroxyl groups is 3. The van der Waals surface area contributed by atoms with Gasteiger partial charge in [0, 0.05) is 80.7 Å². The molecule has 10 amide bonds. The number of hydrazine groups is 1. The summed E-state index contributed by atoms with van der Waals surface area (Å²) in [7, 11) is -2.85. The number of carbonyl (C=O) groups excluding carboxylic acids is 9. The first-order valence-electron chi connectivity index (χ1n) is 41.1. The summed E-state index contributed by atoms with van der Waals surface area (Å²) in [6.07, 6.45) is -24.4. The molecule has 0 aromatic heterocycles. The highest BCUT2D eigenvalue weighted by atomic mass is 35.5. The monoisotopic (exact) mass is 1910 g/mol. The number of nitrogens with two attached hydrogens (primary N) is 2. The molecule has 8 aliphatic heterocycles. The molecule has 44 nitrogen and oxygen atoms in total. The minimum Gasteiger partial charge on any atom is -0.508 e. The number of aliphatic hydroxyl groups excluding tert-OH is 6. The molecular formula is C82H99Cl2F3N16O28S. The van der Waals surface area contributed by atoms with Gasteiger partial charge in [-0.1, -0.05) is 55.2 Å². The predicted molar refractivity (Wildman–Crippen MR) is 454 cm³/mol. The van der Waals surface area contributed by atoms with Crippen LogP contribution in [0.3, 0.4) is 0 Å². The molecule has 8 aliphatic rings. The van der Waals surface area contributed by atoms with Crippen molar-refractivity contribution < 1.29 is 149 Å². The van der Waals surface area contributed by atoms with Crippen LogP contribution in [0.25, 0.3) is 11.1 Å². The van der Waals surface area contributed by atoms with Gasteiger partial charge in [0.25, 0.3) is 16.1 Å². The Balaban J connectivity index is 0.960. The number of hydrogen-bond acceptors (Lipinski definition) is 32. The summed E-state index contributed by atoms with van der Waals surface area (Å²) in [6.45, 7) is 6.60. The molecule has 11 bridgehead atoms. The fourth-order valence-corrected chi connectivity index (χ4v) is 16.5. The van der Waals surface area contributed by atoms with Crippen LogP contribution in [-0.4, -0.2) is 269 Å². The normalized spacial score (nSPS) is 26.4. The number of carbonyl (C=O) groups is 9. The number of piperazine rings is 1. The lowest BCUT2D eigenvalue weighted by molar-refractivity contribution is -0.334. The van der Waals surface area contributed by atoms with Gasteiger partial charge in [0.15, 0.2) is 23.9 Å². The third-order valence-corrected chi connectivity index (χ3v) is 23.6. The summed E-state index contributed by atoms with van der Waals surface area (Å²) in [5, 5.41) is 136. The fraction of sp³-hybridized carbons (Fsp3) is 0.451. The number of fused-ring (bicyclic) bond motifs is 15. The number of primary amides is 1. The van der Waals surface area contributed by atoms with E-state index < -0.39 is 295 Å². The number of nitrogens with one attached hydrogen (secondary N) is 12. The van der Waals surface area contributed by atoms with E-state index >= 15 is 24.0 Å². The molecule has 8 heterocycles. The summed E-state index contributed by atoms with van der Waals surface area (Å²) in [6, 6.07) is 2.48. The van der Waals surface area contributed by atoms with Crippen LogP contribution in [0.1, 0.15) is 105 Å². The standard InChI is InChI=1S/C82H99Cl2F3N16O28S/c1-35(2)24-48(90-5)72(114)98-63-65(109)38-7-14-52(46(83)26-38)126-54-28-40-29-55(69(54)130-79-70(68(112)67(111)56(34-104)128-79)129-58-33-81(4,71(113)36(3)125-58)91-16-18-102-19-21-103(22-20-102)100-80(121)93-41-9-11-43(12-10-41)131-82(85,86)87)127-53-15-8-39(27-47(53)84)66(110)64-77(119)97-62(78(120)101-124-23-17-92-132(89,122)123)45-30-42(105)31-51(107)59(45)44-25-37(6-13-50(44)106)60(74(116)99-64)96-75(117)61(40)95-73(115)49(32-57(88)108)94-76(63)118/h6-15,25-31,35-36,48-49,56,58,60-68,70-71,79,90-92,104-107,109-113H,16-24,32-34H2,1-5H3,(H2,88,108)(H,94,118)(H,95,115)(H,96,117)(H,97,119)(H,98,114)(H,99,116)(H,101,120)(H2,89,122,123)(H2,93,100,121)/t36-,48+,49-,56+,58-,60+,61+,62+,63+,64-,65+,66+,67+,68-,70+,71+,79-,81-/m0/s1. The third-order valence-electron chi connectivity index (χ3n) is 22.4. The van der Waals surface area contributed by atoms with Gasteiger partial charge in [0.05, 0.1) is 47.9 Å². The van der Waals surface area contributed by atoms with Crippen LogP contribution in [0.4, 0.5) is 23.7 Å². The fourth-order valence-electron chi connectivity index (χ4n) is 15.7. The minimum atomic E-state index is -4.92. The van der Waals surface area contributed by atoms with Crippen molar-refractivity contribution in [1.82, 2.24) is 68.1 Å². The van der Waals surface area contributed by atoms with Crippen LogP contribution in [0.5, 0.6) is 51.7 Å². The molecule has 3 saturated heterocycles. The second-order valence-corrected chi connectivity index (χ2v) is 34.6. The van der Waals surface area contributed by atoms with Gasteiger partial charge in [-0.25, -0.2) is 25.1 Å². The van der Waals surface area contributed by atoms with Crippen LogP contribution in [0, 0.1) is 5.92 Å². The molecule has 6 aromatic rings. The van der Waals surface area contributed by atoms with Gasteiger partial charge in [0.1, 0.15) is 101 Å². The molecule has 25 N–H and O–H groups in total. The molecule has 716 valence electrons. The number of hydrogen-bond donors (Lipinski definition) is 23. The van der Waals surface area contributed by atoms with Crippen molar-refractivity contribution >= 4 is 92.4 Å². The molecule has 0 aliphatic carbocycles. The Morgan fingerprint density at radius 1 is 0.720 bits per heavy atom. The van der Waals surface area contributed by atoms with Gasteiger partial charge in [-0.3, -0.25) is 53.5 Å². The van der Waals surface area contributed by atoms with Crippen molar-refractivity contribution in [2.45, 2.75) is 163 Å². The van der Waals surface area contributed by atoms with Gasteiger partial charge in [-0.05, 0) is 140 Å². The quantitative estimate of drug-likeness (QED) is 0.0259. The van der Waals surface area contributed by atoms with E-state index in [1.54, 1.807) is 25.8 Å². The molecule has 14 rings (SSSR count). The van der Waals surface area contributed by atoms with Crippen LogP contribution in [-0.2, 0) is 67.6 Å². The zero-order valence-corrected chi connectivity index (χ0v) is 73.1. The zero-order valence-electron chi connectivity index (χ0n) is 70.8. The van der Waals surface area contributed by atoms with Crippen LogP contribution in [0.15, 0.2) is 103 Å². The average molecular weight is 1920 g/mol. The summed E-state index contributed by atoms with van der Waals surface area (Å²) in [5.74, 6) is -16.8. The molecule has 0 saturated carbocycles. The van der Waals surface area contributed by atoms with E-state index in [-0.39, 0.29) is 42.1 Å². The van der Waals surface area contributed by atoms with E-state index in [0.717, 1.165) is 84.9 Å². The predicted octanol–water partition coefficient (Wildman–Crippen LogP) is -0.254. The van der Waals surface area contributed by atoms with E-state index in [2.05, 4.69) is 58.0 Å². The number of amides is 10. The van der Waals surface area contributed by atoms with E-state index in [0.29, 0.717) is 32.7 Å². The second-order valence-electron chi connectivity index (χ2n) is 32.4. The first-order chi connectivity index (χ1) is 62.3. The number of likely N-dealkylation sites (N-methyl/N-ethyl adjacent to an activating group) is 1. The van der Waals surface area contributed by atoms with Crippen molar-refractivity contribution in [1.29, 1.82) is 0 Å². The van der Waals surface area contributed by atoms with Crippen LogP contribution >= 0.6 is 23.2 Å². The van der Waals surface area contributed by atoms with Crippen molar-refractivity contribution in [2.75, 3.05) is 71.4 Å². The molecule has 3 fully saturated rings. The van der Waals surface area contributed by atoms with Gasteiger partial charge < -0.3 is 133 Å².